The normalized spacial score (nSPS) is 29.8. The lowest BCUT2D eigenvalue weighted by atomic mass is 10.2. The van der Waals surface area contributed by atoms with Crippen LogP contribution in [-0.4, -0.2) is 39.4 Å². The van der Waals surface area contributed by atoms with Gasteiger partial charge in [-0.05, 0) is 33.1 Å². The first-order valence-electron chi connectivity index (χ1n) is 6.81. The molecule has 0 radical (unpaired) electrons. The molecule has 2 fully saturated rings. The highest BCUT2D eigenvalue weighted by Gasteiger charge is 2.38. The molecule has 0 amide bonds. The highest BCUT2D eigenvalue weighted by Crippen LogP contribution is 2.33. The summed E-state index contributed by atoms with van der Waals surface area (Å²) in [5, 5.41) is 7.92. The van der Waals surface area contributed by atoms with Crippen molar-refractivity contribution >= 4 is 5.69 Å². The number of nitrogens with zero attached hydrogens (tertiary/aromatic N) is 3. The summed E-state index contributed by atoms with van der Waals surface area (Å²) in [7, 11) is 0. The van der Waals surface area contributed by atoms with E-state index in [2.05, 4.69) is 35.4 Å². The predicted molar refractivity (Wildman–Crippen MR) is 69.1 cm³/mol. The van der Waals surface area contributed by atoms with Crippen LogP contribution in [0.2, 0.25) is 0 Å². The van der Waals surface area contributed by atoms with Crippen molar-refractivity contribution in [1.29, 1.82) is 0 Å². The van der Waals surface area contributed by atoms with Gasteiger partial charge in [0.25, 0.3) is 0 Å². The third kappa shape index (κ3) is 2.32. The van der Waals surface area contributed by atoms with Crippen LogP contribution < -0.4 is 5.32 Å². The standard InChI is InChI=1S/C13H22N4/c1-3-16-8-12(7-14-16)15-11-6-10(2)17(9-11)13-4-5-13/h7-8,10-11,13,15H,3-6,9H2,1-2H3. The zero-order valence-corrected chi connectivity index (χ0v) is 10.8. The van der Waals surface area contributed by atoms with Gasteiger partial charge in [-0.3, -0.25) is 9.58 Å². The second-order valence-electron chi connectivity index (χ2n) is 5.44. The second-order valence-corrected chi connectivity index (χ2v) is 5.44. The number of likely N-dealkylation sites (tertiary alicyclic amines) is 1. The van der Waals surface area contributed by atoms with Crippen molar-refractivity contribution in [2.45, 2.75) is 57.8 Å². The van der Waals surface area contributed by atoms with Gasteiger partial charge in [-0.2, -0.15) is 5.10 Å². The van der Waals surface area contributed by atoms with Crippen molar-refractivity contribution in [2.24, 2.45) is 0 Å². The maximum Gasteiger partial charge on any atom is 0.0729 e. The van der Waals surface area contributed by atoms with Crippen molar-refractivity contribution in [3.8, 4) is 0 Å². The molecule has 1 saturated carbocycles. The van der Waals surface area contributed by atoms with Gasteiger partial charge in [0.15, 0.2) is 0 Å². The van der Waals surface area contributed by atoms with E-state index in [0.717, 1.165) is 18.6 Å². The largest absolute Gasteiger partial charge is 0.378 e. The summed E-state index contributed by atoms with van der Waals surface area (Å²) >= 11 is 0. The van der Waals surface area contributed by atoms with Gasteiger partial charge < -0.3 is 5.32 Å². The van der Waals surface area contributed by atoms with Crippen LogP contribution in [-0.2, 0) is 6.54 Å². The van der Waals surface area contributed by atoms with E-state index >= 15 is 0 Å². The maximum atomic E-state index is 4.30. The average Bonchev–Trinajstić information content (AvgIpc) is 2.95. The minimum Gasteiger partial charge on any atom is -0.378 e. The van der Waals surface area contributed by atoms with Crippen LogP contribution in [0.5, 0.6) is 0 Å². The van der Waals surface area contributed by atoms with Crippen LogP contribution in [0.25, 0.3) is 0 Å². The molecule has 1 N–H and O–H groups in total. The van der Waals surface area contributed by atoms with E-state index < -0.39 is 0 Å². The molecule has 2 heterocycles. The Labute approximate surface area is 103 Å². The smallest absolute Gasteiger partial charge is 0.0729 e. The Morgan fingerprint density at radius 1 is 1.47 bits per heavy atom. The quantitative estimate of drug-likeness (QED) is 0.864. The zero-order chi connectivity index (χ0) is 11.8. The molecule has 3 rings (SSSR count). The summed E-state index contributed by atoms with van der Waals surface area (Å²) in [5.74, 6) is 0. The number of aromatic nitrogens is 2. The number of nitrogens with one attached hydrogen (secondary N) is 1. The first kappa shape index (κ1) is 11.1. The van der Waals surface area contributed by atoms with Crippen LogP contribution in [0.4, 0.5) is 5.69 Å². The van der Waals surface area contributed by atoms with E-state index in [9.17, 15) is 0 Å². The molecule has 0 aromatic carbocycles. The molecule has 0 spiro atoms. The van der Waals surface area contributed by atoms with E-state index in [0.29, 0.717) is 6.04 Å². The maximum absolute atomic E-state index is 4.30. The number of hydrogen-bond donors (Lipinski definition) is 1. The van der Waals surface area contributed by atoms with Gasteiger partial charge >= 0.3 is 0 Å². The molecular weight excluding hydrogens is 212 g/mol. The third-order valence-corrected chi connectivity index (χ3v) is 3.97. The van der Waals surface area contributed by atoms with Crippen molar-refractivity contribution in [1.82, 2.24) is 14.7 Å². The van der Waals surface area contributed by atoms with Crippen molar-refractivity contribution in [2.75, 3.05) is 11.9 Å². The highest BCUT2D eigenvalue weighted by atomic mass is 15.3. The molecule has 1 saturated heterocycles. The fourth-order valence-electron chi connectivity index (χ4n) is 2.92. The van der Waals surface area contributed by atoms with Gasteiger partial charge in [-0.1, -0.05) is 0 Å². The van der Waals surface area contributed by atoms with Gasteiger partial charge in [-0.15, -0.1) is 0 Å². The Morgan fingerprint density at radius 2 is 2.29 bits per heavy atom. The molecule has 2 aliphatic rings. The molecule has 1 aliphatic heterocycles. The molecule has 1 aliphatic carbocycles. The van der Waals surface area contributed by atoms with E-state index in [1.807, 2.05) is 10.9 Å². The lowest BCUT2D eigenvalue weighted by Crippen LogP contribution is -2.30. The van der Waals surface area contributed by atoms with Crippen molar-refractivity contribution in [3.05, 3.63) is 12.4 Å². The average molecular weight is 234 g/mol. The van der Waals surface area contributed by atoms with Gasteiger partial charge in [0.1, 0.15) is 0 Å². The van der Waals surface area contributed by atoms with Gasteiger partial charge in [-0.25, -0.2) is 0 Å². The third-order valence-electron chi connectivity index (χ3n) is 3.97. The minimum absolute atomic E-state index is 0.597. The van der Waals surface area contributed by atoms with Crippen LogP contribution >= 0.6 is 0 Å². The van der Waals surface area contributed by atoms with Gasteiger partial charge in [0.05, 0.1) is 11.9 Å². The second kappa shape index (κ2) is 4.33. The van der Waals surface area contributed by atoms with E-state index in [4.69, 9.17) is 0 Å². The predicted octanol–water partition coefficient (Wildman–Crippen LogP) is 1.94. The van der Waals surface area contributed by atoms with E-state index in [1.165, 1.54) is 31.5 Å². The molecule has 1 aromatic heterocycles. The van der Waals surface area contributed by atoms with Crippen LogP contribution in [0.15, 0.2) is 12.4 Å². The lowest BCUT2D eigenvalue weighted by molar-refractivity contribution is 0.257. The Hall–Kier alpha value is -1.03. The number of aryl methyl sites for hydroxylation is 1. The van der Waals surface area contributed by atoms with E-state index in [-0.39, 0.29) is 0 Å². The molecule has 4 heteroatoms. The number of rotatable bonds is 4. The first-order valence-corrected chi connectivity index (χ1v) is 6.81. The van der Waals surface area contributed by atoms with Crippen LogP contribution in [0.1, 0.15) is 33.1 Å². The van der Waals surface area contributed by atoms with Crippen LogP contribution in [0, 0.1) is 0 Å². The fourth-order valence-corrected chi connectivity index (χ4v) is 2.92. The Bertz CT molecular complexity index is 383. The summed E-state index contributed by atoms with van der Waals surface area (Å²) < 4.78 is 1.97. The lowest BCUT2D eigenvalue weighted by Gasteiger charge is -2.19. The summed E-state index contributed by atoms with van der Waals surface area (Å²) in [6.07, 6.45) is 8.11. The summed E-state index contributed by atoms with van der Waals surface area (Å²) in [6.45, 7) is 6.61. The summed E-state index contributed by atoms with van der Waals surface area (Å²) in [6, 6.07) is 2.22. The van der Waals surface area contributed by atoms with E-state index in [1.54, 1.807) is 0 Å². The molecular formula is C13H22N4. The first-order chi connectivity index (χ1) is 8.26. The fraction of sp³-hybridized carbons (Fsp3) is 0.769. The van der Waals surface area contributed by atoms with Gasteiger partial charge in [0.2, 0.25) is 0 Å². The highest BCUT2D eigenvalue weighted by molar-refractivity contribution is 5.39. The van der Waals surface area contributed by atoms with Gasteiger partial charge in [0, 0.05) is 37.4 Å². The SMILES string of the molecule is CCn1cc(NC2CC(C)N(C3CC3)C2)cn1. The van der Waals surface area contributed by atoms with Crippen molar-refractivity contribution in [3.63, 3.8) is 0 Å². The van der Waals surface area contributed by atoms with Crippen molar-refractivity contribution < 1.29 is 0 Å². The molecule has 0 bridgehead atoms. The molecule has 17 heavy (non-hydrogen) atoms. The monoisotopic (exact) mass is 234 g/mol. The zero-order valence-electron chi connectivity index (χ0n) is 10.8. The topological polar surface area (TPSA) is 33.1 Å². The molecule has 4 nitrogen and oxygen atoms in total. The minimum atomic E-state index is 0.597. The Kier molecular flexibility index (Phi) is 2.82. The molecule has 2 atom stereocenters. The number of hydrogen-bond acceptors (Lipinski definition) is 3. The molecule has 94 valence electrons. The number of anilines is 1. The molecule has 2 unspecified atom stereocenters. The summed E-state index contributed by atoms with van der Waals surface area (Å²) in [4.78, 5) is 2.67. The molecule has 1 aromatic rings. The summed E-state index contributed by atoms with van der Waals surface area (Å²) in [5.41, 5.74) is 1.17. The van der Waals surface area contributed by atoms with Crippen LogP contribution in [0.3, 0.4) is 0 Å². The Morgan fingerprint density at radius 3 is 2.94 bits per heavy atom. The Balaban J connectivity index is 1.58.